The minimum atomic E-state index is -1.88. The Kier molecular flexibility index (Phi) is 9.22. The van der Waals surface area contributed by atoms with Crippen LogP contribution in [0.25, 0.3) is 0 Å². The second kappa shape index (κ2) is 7.73. The van der Waals surface area contributed by atoms with Gasteiger partial charge in [-0.05, 0) is 19.3 Å². The summed E-state index contributed by atoms with van der Waals surface area (Å²) in [5, 5.41) is 21.5. The summed E-state index contributed by atoms with van der Waals surface area (Å²) in [6.07, 6.45) is 2.26. The van der Waals surface area contributed by atoms with Gasteiger partial charge in [0.1, 0.15) is 0 Å². The van der Waals surface area contributed by atoms with Crippen molar-refractivity contribution in [2.45, 2.75) is 40.0 Å². The van der Waals surface area contributed by atoms with Gasteiger partial charge >= 0.3 is 48.9 Å². The van der Waals surface area contributed by atoms with Crippen molar-refractivity contribution >= 4 is 60.8 Å². The van der Waals surface area contributed by atoms with Crippen molar-refractivity contribution in [2.24, 2.45) is 11.3 Å². The fourth-order valence-corrected chi connectivity index (χ4v) is 1.28. The molecule has 0 aromatic heterocycles. The molecule has 0 heterocycles. The molecule has 82 valence electrons. The van der Waals surface area contributed by atoms with Gasteiger partial charge in [0.15, 0.2) is 0 Å². The third kappa shape index (κ3) is 4.48. The standard InChI is InChI=1S/C10H18O4.Ba/c1-4-5-6-7(2)10(3,8(11)12)9(13)14;/h7H,4-6H2,1-3H3,(H,11,12)(H,13,14);/q;+2/p-2. The zero-order chi connectivity index (χ0) is 11.4. The van der Waals surface area contributed by atoms with Gasteiger partial charge in [-0.2, -0.15) is 0 Å². The van der Waals surface area contributed by atoms with Crippen molar-refractivity contribution < 1.29 is 19.8 Å². The quantitative estimate of drug-likeness (QED) is 0.457. The van der Waals surface area contributed by atoms with Crippen LogP contribution >= 0.6 is 0 Å². The molecule has 0 N–H and O–H groups in total. The molecule has 4 nitrogen and oxygen atoms in total. The number of hydrogen-bond acceptors (Lipinski definition) is 4. The van der Waals surface area contributed by atoms with Crippen LogP contribution in [-0.4, -0.2) is 60.8 Å². The zero-order valence-corrected chi connectivity index (χ0v) is 14.0. The molecule has 0 aliphatic carbocycles. The van der Waals surface area contributed by atoms with Crippen molar-refractivity contribution in [2.75, 3.05) is 0 Å². The third-order valence-electron chi connectivity index (χ3n) is 2.82. The molecular weight excluding hydrogens is 321 g/mol. The number of carboxylic acid groups (broad SMARTS) is 2. The largest absolute Gasteiger partial charge is 2.00 e. The monoisotopic (exact) mass is 338 g/mol. The van der Waals surface area contributed by atoms with E-state index >= 15 is 0 Å². The first-order chi connectivity index (χ1) is 6.37. The summed E-state index contributed by atoms with van der Waals surface area (Å²) in [5.41, 5.74) is -1.88. The Balaban J connectivity index is 0. The maximum absolute atomic E-state index is 10.7. The molecule has 5 heteroatoms. The van der Waals surface area contributed by atoms with Crippen molar-refractivity contribution in [1.82, 2.24) is 0 Å². The van der Waals surface area contributed by atoms with E-state index in [9.17, 15) is 19.8 Å². The van der Waals surface area contributed by atoms with Crippen LogP contribution in [0.15, 0.2) is 0 Å². The number of carbonyl (C=O) groups is 2. The Morgan fingerprint density at radius 1 is 1.27 bits per heavy atom. The summed E-state index contributed by atoms with van der Waals surface area (Å²) >= 11 is 0. The number of aliphatic carboxylic acids is 2. The molecule has 0 aromatic rings. The van der Waals surface area contributed by atoms with Gasteiger partial charge in [0.25, 0.3) is 0 Å². The van der Waals surface area contributed by atoms with Crippen LogP contribution in [0.3, 0.4) is 0 Å². The Labute approximate surface area is 131 Å². The van der Waals surface area contributed by atoms with Gasteiger partial charge in [0.2, 0.25) is 0 Å². The molecular formula is C10H16BaO4. The van der Waals surface area contributed by atoms with Crippen LogP contribution in [0.2, 0.25) is 0 Å². The van der Waals surface area contributed by atoms with E-state index in [2.05, 4.69) is 0 Å². The number of carbonyl (C=O) groups excluding carboxylic acids is 2. The summed E-state index contributed by atoms with van der Waals surface area (Å²) in [5.74, 6) is -3.61. The molecule has 0 bridgehead atoms. The summed E-state index contributed by atoms with van der Waals surface area (Å²) in [7, 11) is 0. The average Bonchev–Trinajstić information content (AvgIpc) is 2.11. The van der Waals surface area contributed by atoms with E-state index < -0.39 is 23.3 Å². The van der Waals surface area contributed by atoms with E-state index in [1.54, 1.807) is 6.92 Å². The summed E-state index contributed by atoms with van der Waals surface area (Å²) in [4.78, 5) is 21.5. The molecule has 0 spiro atoms. The van der Waals surface area contributed by atoms with Gasteiger partial charge in [-0.3, -0.25) is 0 Å². The molecule has 0 radical (unpaired) electrons. The first kappa shape index (κ1) is 17.9. The van der Waals surface area contributed by atoms with Gasteiger partial charge in [0, 0.05) is 5.41 Å². The molecule has 0 rings (SSSR count). The normalized spacial score (nSPS) is 12.7. The van der Waals surface area contributed by atoms with Crippen molar-refractivity contribution in [3.05, 3.63) is 0 Å². The smallest absolute Gasteiger partial charge is 0.549 e. The van der Waals surface area contributed by atoms with Gasteiger partial charge in [0.05, 0.1) is 11.9 Å². The minimum Gasteiger partial charge on any atom is -0.549 e. The molecule has 0 aromatic carbocycles. The number of unbranched alkanes of at least 4 members (excludes halogenated alkanes) is 1. The maximum atomic E-state index is 10.7. The van der Waals surface area contributed by atoms with Gasteiger partial charge in [-0.1, -0.05) is 26.7 Å². The fraction of sp³-hybridized carbons (Fsp3) is 0.800. The Hall–Kier alpha value is 0.511. The van der Waals surface area contributed by atoms with Crippen LogP contribution in [0.1, 0.15) is 40.0 Å². The van der Waals surface area contributed by atoms with Gasteiger partial charge in [-0.15, -0.1) is 0 Å². The van der Waals surface area contributed by atoms with Crippen molar-refractivity contribution in [3.8, 4) is 0 Å². The summed E-state index contributed by atoms with van der Waals surface area (Å²) in [6, 6.07) is 0. The fourth-order valence-electron chi connectivity index (χ4n) is 1.28. The Morgan fingerprint density at radius 2 is 1.67 bits per heavy atom. The molecule has 0 aliphatic rings. The molecule has 1 unspecified atom stereocenters. The second-order valence-corrected chi connectivity index (χ2v) is 3.82. The number of rotatable bonds is 6. The summed E-state index contributed by atoms with van der Waals surface area (Å²) < 4.78 is 0. The number of hydrogen-bond donors (Lipinski definition) is 0. The summed E-state index contributed by atoms with van der Waals surface area (Å²) in [6.45, 7) is 4.71. The van der Waals surface area contributed by atoms with Crippen LogP contribution in [0.5, 0.6) is 0 Å². The SMILES string of the molecule is CCCCC(C)C(C)(C(=O)[O-])C(=O)[O-].[Ba+2]. The molecule has 0 fully saturated rings. The predicted octanol–water partition coefficient (Wildman–Crippen LogP) is -1.06. The zero-order valence-electron chi connectivity index (χ0n) is 9.54. The van der Waals surface area contributed by atoms with Gasteiger partial charge in [-0.25, -0.2) is 0 Å². The molecule has 15 heavy (non-hydrogen) atoms. The molecule has 0 amide bonds. The number of carboxylic acids is 2. The average molecular weight is 338 g/mol. The van der Waals surface area contributed by atoms with Crippen molar-refractivity contribution in [3.63, 3.8) is 0 Å². The van der Waals surface area contributed by atoms with E-state index in [1.807, 2.05) is 6.92 Å². The van der Waals surface area contributed by atoms with Crippen LogP contribution in [-0.2, 0) is 9.59 Å². The maximum Gasteiger partial charge on any atom is 2.00 e. The van der Waals surface area contributed by atoms with Crippen LogP contribution < -0.4 is 10.2 Å². The van der Waals surface area contributed by atoms with Gasteiger partial charge < -0.3 is 19.8 Å². The van der Waals surface area contributed by atoms with Crippen LogP contribution in [0, 0.1) is 11.3 Å². The first-order valence-corrected chi connectivity index (χ1v) is 4.80. The third-order valence-corrected chi connectivity index (χ3v) is 2.82. The van der Waals surface area contributed by atoms with E-state index in [4.69, 9.17) is 0 Å². The second-order valence-electron chi connectivity index (χ2n) is 3.82. The molecule has 0 aliphatic heterocycles. The Bertz CT molecular complexity index is 213. The Morgan fingerprint density at radius 3 is 1.93 bits per heavy atom. The van der Waals surface area contributed by atoms with Crippen LogP contribution in [0.4, 0.5) is 0 Å². The minimum absolute atomic E-state index is 0. The topological polar surface area (TPSA) is 80.3 Å². The predicted molar refractivity (Wildman–Crippen MR) is 52.6 cm³/mol. The van der Waals surface area contributed by atoms with E-state index in [1.165, 1.54) is 0 Å². The molecule has 0 saturated carbocycles. The van der Waals surface area contributed by atoms with E-state index in [0.29, 0.717) is 6.42 Å². The van der Waals surface area contributed by atoms with E-state index in [-0.39, 0.29) is 48.9 Å². The molecule has 1 atom stereocenters. The molecule has 0 saturated heterocycles. The van der Waals surface area contributed by atoms with E-state index in [0.717, 1.165) is 19.8 Å². The van der Waals surface area contributed by atoms with Crippen molar-refractivity contribution in [1.29, 1.82) is 0 Å². The first-order valence-electron chi connectivity index (χ1n) is 4.80.